The monoisotopic (exact) mass is 267 g/mol. The van der Waals surface area contributed by atoms with E-state index in [1.807, 2.05) is 29.0 Å². The van der Waals surface area contributed by atoms with E-state index in [4.69, 9.17) is 4.42 Å². The van der Waals surface area contributed by atoms with Crippen LogP contribution < -0.4 is 5.32 Å². The van der Waals surface area contributed by atoms with Crippen molar-refractivity contribution in [3.05, 3.63) is 46.5 Å². The van der Waals surface area contributed by atoms with Gasteiger partial charge in [-0.1, -0.05) is 0 Å². The first kappa shape index (κ1) is 12.3. The highest BCUT2D eigenvalue weighted by molar-refractivity contribution is 7.98. The molecular formula is C12H13NO2S2. The van der Waals surface area contributed by atoms with Crippen LogP contribution >= 0.6 is 23.1 Å². The molecule has 1 N–H and O–H groups in total. The van der Waals surface area contributed by atoms with Crippen molar-refractivity contribution in [1.82, 2.24) is 5.32 Å². The summed E-state index contributed by atoms with van der Waals surface area (Å²) in [6.07, 6.45) is 1.67. The summed E-state index contributed by atoms with van der Waals surface area (Å²) in [6, 6.07) is 5.67. The molecule has 0 saturated heterocycles. The van der Waals surface area contributed by atoms with E-state index in [1.165, 1.54) is 11.3 Å². The van der Waals surface area contributed by atoms with Crippen molar-refractivity contribution in [2.24, 2.45) is 0 Å². The first-order valence-electron chi connectivity index (χ1n) is 5.27. The van der Waals surface area contributed by atoms with Crippen LogP contribution in [-0.2, 0) is 5.75 Å². The fourth-order valence-corrected chi connectivity index (χ4v) is 2.69. The minimum absolute atomic E-state index is 0.00449. The maximum Gasteiger partial charge on any atom is 0.252 e. The van der Waals surface area contributed by atoms with E-state index in [2.05, 4.69) is 5.32 Å². The molecule has 0 saturated carbocycles. The number of carbonyl (C=O) groups excluding carboxylic acids is 1. The van der Waals surface area contributed by atoms with Gasteiger partial charge in [-0.25, -0.2) is 0 Å². The zero-order chi connectivity index (χ0) is 11.9. The number of amides is 1. The minimum atomic E-state index is 0.00449. The maximum atomic E-state index is 11.6. The van der Waals surface area contributed by atoms with Gasteiger partial charge in [-0.15, -0.1) is 0 Å². The number of thiophene rings is 1. The first-order valence-corrected chi connectivity index (χ1v) is 7.36. The van der Waals surface area contributed by atoms with Crippen LogP contribution in [0.2, 0.25) is 0 Å². The number of thioether (sulfide) groups is 1. The molecule has 2 aromatic rings. The van der Waals surface area contributed by atoms with Gasteiger partial charge in [0.25, 0.3) is 5.91 Å². The highest BCUT2D eigenvalue weighted by Gasteiger charge is 2.04. The number of hydrogen-bond acceptors (Lipinski definition) is 4. The lowest BCUT2D eigenvalue weighted by Crippen LogP contribution is -2.25. The Morgan fingerprint density at radius 3 is 3.12 bits per heavy atom. The average Bonchev–Trinajstić information content (AvgIpc) is 3.01. The Morgan fingerprint density at radius 1 is 1.47 bits per heavy atom. The molecule has 0 aliphatic rings. The number of nitrogens with one attached hydrogen (secondary N) is 1. The van der Waals surface area contributed by atoms with E-state index in [1.54, 1.807) is 18.0 Å². The third-order valence-electron chi connectivity index (χ3n) is 2.14. The normalized spacial score (nSPS) is 10.4. The predicted molar refractivity (Wildman–Crippen MR) is 71.5 cm³/mol. The van der Waals surface area contributed by atoms with Crippen LogP contribution in [0, 0.1) is 0 Å². The van der Waals surface area contributed by atoms with E-state index in [-0.39, 0.29) is 5.91 Å². The molecular weight excluding hydrogens is 254 g/mol. The van der Waals surface area contributed by atoms with E-state index in [9.17, 15) is 4.79 Å². The zero-order valence-electron chi connectivity index (χ0n) is 9.22. The van der Waals surface area contributed by atoms with Gasteiger partial charge in [0.2, 0.25) is 0 Å². The summed E-state index contributed by atoms with van der Waals surface area (Å²) >= 11 is 3.28. The van der Waals surface area contributed by atoms with Crippen molar-refractivity contribution in [3.63, 3.8) is 0 Å². The predicted octanol–water partition coefficient (Wildman–Crippen LogP) is 3.00. The summed E-state index contributed by atoms with van der Waals surface area (Å²) in [7, 11) is 0. The highest BCUT2D eigenvalue weighted by Crippen LogP contribution is 2.11. The first-order chi connectivity index (χ1) is 8.36. The Bertz CT molecular complexity index is 437. The Hall–Kier alpha value is -1.20. The van der Waals surface area contributed by atoms with Crippen molar-refractivity contribution in [3.8, 4) is 0 Å². The third-order valence-corrected chi connectivity index (χ3v) is 3.80. The molecule has 0 radical (unpaired) electrons. The van der Waals surface area contributed by atoms with Gasteiger partial charge in [0.05, 0.1) is 12.0 Å². The van der Waals surface area contributed by atoms with Gasteiger partial charge in [0.15, 0.2) is 0 Å². The topological polar surface area (TPSA) is 42.2 Å². The van der Waals surface area contributed by atoms with Crippen LogP contribution in [0.15, 0.2) is 39.6 Å². The van der Waals surface area contributed by atoms with Crippen molar-refractivity contribution in [2.75, 3.05) is 12.3 Å². The molecule has 0 atom stereocenters. The Kier molecular flexibility index (Phi) is 4.70. The molecule has 0 aromatic carbocycles. The van der Waals surface area contributed by atoms with Crippen LogP contribution in [0.25, 0.3) is 0 Å². The molecule has 1 amide bonds. The Balaban J connectivity index is 1.59. The van der Waals surface area contributed by atoms with Crippen LogP contribution in [0.5, 0.6) is 0 Å². The fraction of sp³-hybridized carbons (Fsp3) is 0.250. The van der Waals surface area contributed by atoms with Crippen molar-refractivity contribution >= 4 is 29.0 Å². The largest absolute Gasteiger partial charge is 0.468 e. The van der Waals surface area contributed by atoms with Gasteiger partial charge in [-0.2, -0.15) is 23.1 Å². The lowest BCUT2D eigenvalue weighted by Gasteiger charge is -2.02. The fourth-order valence-electron chi connectivity index (χ4n) is 1.30. The number of rotatable bonds is 6. The SMILES string of the molecule is O=C(NCCSCc1ccco1)c1ccsc1. The standard InChI is InChI=1S/C12H13NO2S2/c14-12(10-3-6-16-8-10)13-4-7-17-9-11-2-1-5-15-11/h1-3,5-6,8H,4,7,9H2,(H,13,14). The lowest BCUT2D eigenvalue weighted by atomic mass is 10.3. The molecule has 17 heavy (non-hydrogen) atoms. The highest BCUT2D eigenvalue weighted by atomic mass is 32.2. The second-order valence-corrected chi connectivity index (χ2v) is 5.29. The van der Waals surface area contributed by atoms with Crippen LogP contribution in [0.4, 0.5) is 0 Å². The molecule has 0 aliphatic heterocycles. The van der Waals surface area contributed by atoms with E-state index in [0.29, 0.717) is 6.54 Å². The number of carbonyl (C=O) groups is 1. The molecule has 2 aromatic heterocycles. The van der Waals surface area contributed by atoms with Gasteiger partial charge in [0.1, 0.15) is 5.76 Å². The van der Waals surface area contributed by atoms with Crippen LogP contribution in [0.3, 0.4) is 0 Å². The van der Waals surface area contributed by atoms with Gasteiger partial charge < -0.3 is 9.73 Å². The molecule has 5 heteroatoms. The quantitative estimate of drug-likeness (QED) is 0.818. The Morgan fingerprint density at radius 2 is 2.41 bits per heavy atom. The van der Waals surface area contributed by atoms with Gasteiger partial charge in [-0.05, 0) is 23.6 Å². The maximum absolute atomic E-state index is 11.6. The van der Waals surface area contributed by atoms with E-state index in [0.717, 1.165) is 22.8 Å². The number of furan rings is 1. The minimum Gasteiger partial charge on any atom is -0.468 e. The van der Waals surface area contributed by atoms with Crippen molar-refractivity contribution in [1.29, 1.82) is 0 Å². The van der Waals surface area contributed by atoms with E-state index < -0.39 is 0 Å². The molecule has 3 nitrogen and oxygen atoms in total. The lowest BCUT2D eigenvalue weighted by molar-refractivity contribution is 0.0956. The van der Waals surface area contributed by atoms with Crippen LogP contribution in [-0.4, -0.2) is 18.2 Å². The van der Waals surface area contributed by atoms with Crippen molar-refractivity contribution in [2.45, 2.75) is 5.75 Å². The second-order valence-electron chi connectivity index (χ2n) is 3.40. The average molecular weight is 267 g/mol. The second kappa shape index (κ2) is 6.51. The smallest absolute Gasteiger partial charge is 0.252 e. The van der Waals surface area contributed by atoms with Gasteiger partial charge in [-0.3, -0.25) is 4.79 Å². The molecule has 0 fully saturated rings. The molecule has 0 unspecified atom stereocenters. The van der Waals surface area contributed by atoms with Crippen molar-refractivity contribution < 1.29 is 9.21 Å². The summed E-state index contributed by atoms with van der Waals surface area (Å²) < 4.78 is 5.21. The summed E-state index contributed by atoms with van der Waals surface area (Å²) in [4.78, 5) is 11.6. The summed E-state index contributed by atoms with van der Waals surface area (Å²) in [6.45, 7) is 0.681. The Labute approximate surface area is 108 Å². The summed E-state index contributed by atoms with van der Waals surface area (Å²) in [5.74, 6) is 2.71. The molecule has 90 valence electrons. The molecule has 0 aliphatic carbocycles. The number of hydrogen-bond donors (Lipinski definition) is 1. The third kappa shape index (κ3) is 3.94. The summed E-state index contributed by atoms with van der Waals surface area (Å²) in [5, 5.41) is 6.64. The molecule has 0 bridgehead atoms. The van der Waals surface area contributed by atoms with E-state index >= 15 is 0 Å². The molecule has 2 heterocycles. The zero-order valence-corrected chi connectivity index (χ0v) is 10.9. The molecule has 2 rings (SSSR count). The van der Waals surface area contributed by atoms with Gasteiger partial charge in [0, 0.05) is 23.2 Å². The van der Waals surface area contributed by atoms with Crippen LogP contribution in [0.1, 0.15) is 16.1 Å². The summed E-state index contributed by atoms with van der Waals surface area (Å²) in [5.41, 5.74) is 0.742. The molecule has 0 spiro atoms. The van der Waals surface area contributed by atoms with Gasteiger partial charge >= 0.3 is 0 Å².